The van der Waals surface area contributed by atoms with Gasteiger partial charge in [0, 0.05) is 5.92 Å². The van der Waals surface area contributed by atoms with E-state index in [1.165, 1.54) is 0 Å². The number of aliphatic hydroxyl groups excluding tert-OH is 1. The zero-order chi connectivity index (χ0) is 17.1. The van der Waals surface area contributed by atoms with Crippen molar-refractivity contribution in [3.63, 3.8) is 0 Å². The molecule has 0 saturated heterocycles. The van der Waals surface area contributed by atoms with E-state index in [2.05, 4.69) is 13.5 Å². The van der Waals surface area contributed by atoms with Gasteiger partial charge >= 0.3 is 0 Å². The standard InChI is InChI=1S/C21H27FO2/c1-3-4-15-18(24)11-21(2)10-17(22)19-14-8-6-13(23)9-12(14)5-7-16(19)20(15)21/h3,6,8-9,15-20,23-24H,1,4-5,7,10-11H2,2H3/t15-,16-,17+,18-,19-,20+,21-/m1/s1. The molecule has 3 aliphatic rings. The second kappa shape index (κ2) is 5.59. The summed E-state index contributed by atoms with van der Waals surface area (Å²) in [5.74, 6) is 1.00. The van der Waals surface area contributed by atoms with Gasteiger partial charge in [0.15, 0.2) is 0 Å². The van der Waals surface area contributed by atoms with Crippen LogP contribution in [0.3, 0.4) is 0 Å². The Morgan fingerprint density at radius 2 is 2.17 bits per heavy atom. The second-order valence-corrected chi connectivity index (χ2v) is 8.47. The summed E-state index contributed by atoms with van der Waals surface area (Å²) in [4.78, 5) is 0. The molecule has 2 nitrogen and oxygen atoms in total. The van der Waals surface area contributed by atoms with Crippen molar-refractivity contribution in [1.82, 2.24) is 0 Å². The predicted molar refractivity (Wildman–Crippen MR) is 92.7 cm³/mol. The number of hydrogen-bond acceptors (Lipinski definition) is 2. The molecule has 0 aromatic heterocycles. The van der Waals surface area contributed by atoms with Gasteiger partial charge in [-0.15, -0.1) is 6.58 Å². The quantitative estimate of drug-likeness (QED) is 0.791. The average Bonchev–Trinajstić information content (AvgIpc) is 2.77. The van der Waals surface area contributed by atoms with Gasteiger partial charge in [0.1, 0.15) is 11.9 Å². The Morgan fingerprint density at radius 3 is 2.92 bits per heavy atom. The van der Waals surface area contributed by atoms with E-state index in [1.54, 1.807) is 12.1 Å². The highest BCUT2D eigenvalue weighted by Gasteiger charge is 2.60. The number of alkyl halides is 1. The van der Waals surface area contributed by atoms with Crippen LogP contribution in [0.5, 0.6) is 5.75 Å². The van der Waals surface area contributed by atoms with E-state index in [0.29, 0.717) is 18.8 Å². The first kappa shape index (κ1) is 16.1. The molecule has 2 saturated carbocycles. The van der Waals surface area contributed by atoms with E-state index in [4.69, 9.17) is 0 Å². The lowest BCUT2D eigenvalue weighted by molar-refractivity contribution is -0.0170. The Kier molecular flexibility index (Phi) is 3.76. The number of fused-ring (bicyclic) bond motifs is 5. The van der Waals surface area contributed by atoms with Crippen LogP contribution in [0.4, 0.5) is 4.39 Å². The Hall–Kier alpha value is -1.35. The minimum Gasteiger partial charge on any atom is -0.508 e. The summed E-state index contributed by atoms with van der Waals surface area (Å²) in [6.45, 7) is 6.05. The van der Waals surface area contributed by atoms with Gasteiger partial charge in [-0.05, 0) is 78.5 Å². The highest BCUT2D eigenvalue weighted by Crippen LogP contribution is 2.64. The summed E-state index contributed by atoms with van der Waals surface area (Å²) in [6, 6.07) is 5.41. The first-order chi connectivity index (χ1) is 11.4. The third kappa shape index (κ3) is 2.24. The number of halogens is 1. The molecule has 7 atom stereocenters. The van der Waals surface area contributed by atoms with Gasteiger partial charge in [-0.25, -0.2) is 4.39 Å². The van der Waals surface area contributed by atoms with E-state index in [1.807, 2.05) is 12.1 Å². The summed E-state index contributed by atoms with van der Waals surface area (Å²) in [5, 5.41) is 20.4. The monoisotopic (exact) mass is 330 g/mol. The smallest absolute Gasteiger partial charge is 0.115 e. The molecule has 0 heterocycles. The molecule has 3 heteroatoms. The molecule has 1 aromatic carbocycles. The van der Waals surface area contributed by atoms with Gasteiger partial charge in [0.25, 0.3) is 0 Å². The van der Waals surface area contributed by atoms with Crippen LogP contribution in [0, 0.1) is 23.2 Å². The number of allylic oxidation sites excluding steroid dienone is 1. The van der Waals surface area contributed by atoms with Crippen LogP contribution < -0.4 is 0 Å². The van der Waals surface area contributed by atoms with E-state index < -0.39 is 6.17 Å². The van der Waals surface area contributed by atoms with Crippen molar-refractivity contribution in [3.05, 3.63) is 42.0 Å². The molecule has 0 aliphatic heterocycles. The third-order valence-corrected chi connectivity index (χ3v) is 7.08. The van der Waals surface area contributed by atoms with Crippen LogP contribution in [0.25, 0.3) is 0 Å². The topological polar surface area (TPSA) is 40.5 Å². The molecule has 2 fully saturated rings. The maximum absolute atomic E-state index is 15.3. The lowest BCUT2D eigenvalue weighted by atomic mass is 9.53. The number of aliphatic hydroxyl groups is 1. The average molecular weight is 330 g/mol. The van der Waals surface area contributed by atoms with E-state index in [-0.39, 0.29) is 35.0 Å². The van der Waals surface area contributed by atoms with Gasteiger partial charge in [-0.1, -0.05) is 19.1 Å². The highest BCUT2D eigenvalue weighted by molar-refractivity contribution is 5.41. The first-order valence-corrected chi connectivity index (χ1v) is 9.19. The normalized spacial score (nSPS) is 43.6. The number of aryl methyl sites for hydroxylation is 1. The Labute approximate surface area is 143 Å². The molecule has 24 heavy (non-hydrogen) atoms. The maximum atomic E-state index is 15.3. The molecule has 0 amide bonds. The summed E-state index contributed by atoms with van der Waals surface area (Å²) in [7, 11) is 0. The van der Waals surface area contributed by atoms with E-state index >= 15 is 4.39 Å². The zero-order valence-electron chi connectivity index (χ0n) is 14.3. The van der Waals surface area contributed by atoms with Crippen molar-refractivity contribution in [2.24, 2.45) is 23.2 Å². The van der Waals surface area contributed by atoms with Crippen LogP contribution in [-0.4, -0.2) is 22.5 Å². The number of phenolic OH excluding ortho intramolecular Hbond substituents is 1. The fourth-order valence-corrected chi connectivity index (χ4v) is 6.38. The summed E-state index contributed by atoms with van der Waals surface area (Å²) in [6.07, 6.45) is 4.59. The molecule has 130 valence electrons. The lowest BCUT2D eigenvalue weighted by Gasteiger charge is -2.52. The summed E-state index contributed by atoms with van der Waals surface area (Å²) >= 11 is 0. The molecule has 0 radical (unpaired) electrons. The van der Waals surface area contributed by atoms with Crippen molar-refractivity contribution in [1.29, 1.82) is 0 Å². The third-order valence-electron chi connectivity index (χ3n) is 7.08. The Morgan fingerprint density at radius 1 is 1.38 bits per heavy atom. The molecule has 2 N–H and O–H groups in total. The first-order valence-electron chi connectivity index (χ1n) is 9.19. The Bertz CT molecular complexity index is 657. The van der Waals surface area contributed by atoms with Gasteiger partial charge < -0.3 is 10.2 Å². The van der Waals surface area contributed by atoms with Gasteiger partial charge in [-0.3, -0.25) is 0 Å². The molecular formula is C21H27FO2. The van der Waals surface area contributed by atoms with Gasteiger partial charge in [-0.2, -0.15) is 0 Å². The zero-order valence-corrected chi connectivity index (χ0v) is 14.3. The van der Waals surface area contributed by atoms with Gasteiger partial charge in [0.2, 0.25) is 0 Å². The van der Waals surface area contributed by atoms with Crippen LogP contribution in [0.1, 0.15) is 49.7 Å². The summed E-state index contributed by atoms with van der Waals surface area (Å²) in [5.41, 5.74) is 2.07. The van der Waals surface area contributed by atoms with Crippen LogP contribution >= 0.6 is 0 Å². The highest BCUT2D eigenvalue weighted by atomic mass is 19.1. The molecular weight excluding hydrogens is 303 g/mol. The van der Waals surface area contributed by atoms with Crippen molar-refractivity contribution in [2.45, 2.75) is 57.2 Å². The molecule has 0 spiro atoms. The van der Waals surface area contributed by atoms with Gasteiger partial charge in [0.05, 0.1) is 6.10 Å². The molecule has 3 aliphatic carbocycles. The number of aromatic hydroxyl groups is 1. The minimum atomic E-state index is -0.866. The number of hydrogen-bond donors (Lipinski definition) is 2. The number of benzene rings is 1. The minimum absolute atomic E-state index is 0.0926. The molecule has 0 unspecified atom stereocenters. The summed E-state index contributed by atoms with van der Waals surface area (Å²) < 4.78 is 15.3. The fourth-order valence-electron chi connectivity index (χ4n) is 6.38. The van der Waals surface area contributed by atoms with E-state index in [0.717, 1.165) is 30.4 Å². The molecule has 4 rings (SSSR count). The van der Waals surface area contributed by atoms with Crippen molar-refractivity contribution < 1.29 is 14.6 Å². The van der Waals surface area contributed by atoms with Crippen molar-refractivity contribution in [2.75, 3.05) is 0 Å². The lowest BCUT2D eigenvalue weighted by Crippen LogP contribution is -2.47. The Balaban J connectivity index is 1.76. The largest absolute Gasteiger partial charge is 0.508 e. The molecule has 1 aromatic rings. The van der Waals surface area contributed by atoms with E-state index in [9.17, 15) is 10.2 Å². The maximum Gasteiger partial charge on any atom is 0.115 e. The predicted octanol–water partition coefficient (Wildman–Crippen LogP) is 4.36. The SMILES string of the molecule is C=CC[C@H]1[C@H]2[C@@H]3CCc4cc(O)ccc4[C@H]3[C@@H](F)C[C@]2(C)C[C@H]1O. The van der Waals surface area contributed by atoms with Crippen molar-refractivity contribution >= 4 is 0 Å². The van der Waals surface area contributed by atoms with Crippen molar-refractivity contribution in [3.8, 4) is 5.75 Å². The van der Waals surface area contributed by atoms with Crippen LogP contribution in [0.15, 0.2) is 30.9 Å². The molecule has 0 bridgehead atoms. The number of rotatable bonds is 2. The second-order valence-electron chi connectivity index (χ2n) is 8.47. The van der Waals surface area contributed by atoms with Crippen LogP contribution in [-0.2, 0) is 6.42 Å². The number of phenols is 1. The fraction of sp³-hybridized carbons (Fsp3) is 0.619. The van der Waals surface area contributed by atoms with Crippen LogP contribution in [0.2, 0.25) is 0 Å².